The average molecular weight is 308 g/mol. The lowest BCUT2D eigenvalue weighted by atomic mass is 9.77. The maximum absolute atomic E-state index is 11.4. The van der Waals surface area contributed by atoms with Crippen molar-refractivity contribution < 1.29 is 4.21 Å². The van der Waals surface area contributed by atoms with Gasteiger partial charge in [0.15, 0.2) is 0 Å². The summed E-state index contributed by atoms with van der Waals surface area (Å²) in [6, 6.07) is 0. The average Bonchev–Trinajstić information content (AvgIpc) is 2.74. The van der Waals surface area contributed by atoms with Crippen molar-refractivity contribution >= 4 is 10.8 Å². The van der Waals surface area contributed by atoms with Crippen molar-refractivity contribution in [2.75, 3.05) is 31.1 Å². The number of nitrogens with zero attached hydrogens (tertiary/aromatic N) is 1. The minimum Gasteiger partial charge on any atom is -0.302 e. The summed E-state index contributed by atoms with van der Waals surface area (Å²) >= 11 is 0. The van der Waals surface area contributed by atoms with Gasteiger partial charge in [0.1, 0.15) is 0 Å². The van der Waals surface area contributed by atoms with Crippen LogP contribution in [0, 0.1) is 16.7 Å². The van der Waals surface area contributed by atoms with Crippen LogP contribution in [0.3, 0.4) is 0 Å². The summed E-state index contributed by atoms with van der Waals surface area (Å²) in [7, 11) is -0.511. The summed E-state index contributed by atoms with van der Waals surface area (Å²) in [6.07, 6.45) is 10.5. The molecule has 2 nitrogen and oxygen atoms in total. The van der Waals surface area contributed by atoms with Gasteiger partial charge in [-0.25, -0.2) is 0 Å². The fourth-order valence-electron chi connectivity index (χ4n) is 4.40. The highest BCUT2D eigenvalue weighted by Gasteiger charge is 2.48. The van der Waals surface area contributed by atoms with Crippen LogP contribution in [0.1, 0.15) is 40.0 Å². The Hall–Kier alpha value is -0.410. The minimum atomic E-state index is -0.511. The summed E-state index contributed by atoms with van der Waals surface area (Å²) in [4.78, 5) is 2.63. The third-order valence-electron chi connectivity index (χ3n) is 5.46. The van der Waals surface area contributed by atoms with Gasteiger partial charge in [-0.3, -0.25) is 4.21 Å². The maximum atomic E-state index is 11.4. The third kappa shape index (κ3) is 3.50. The van der Waals surface area contributed by atoms with Crippen molar-refractivity contribution in [3.63, 3.8) is 0 Å². The van der Waals surface area contributed by atoms with E-state index in [1.54, 1.807) is 0 Å². The van der Waals surface area contributed by atoms with Crippen LogP contribution in [0.4, 0.5) is 0 Å². The summed E-state index contributed by atoms with van der Waals surface area (Å²) in [5, 5.41) is 0. The largest absolute Gasteiger partial charge is 0.302 e. The molecule has 21 heavy (non-hydrogen) atoms. The lowest BCUT2D eigenvalue weighted by molar-refractivity contribution is 0.167. The van der Waals surface area contributed by atoms with Gasteiger partial charge in [-0.2, -0.15) is 0 Å². The van der Waals surface area contributed by atoms with Crippen LogP contribution >= 0.6 is 0 Å². The molecule has 1 spiro atoms. The third-order valence-corrected chi connectivity index (χ3v) is 7.33. The highest BCUT2D eigenvalue weighted by molar-refractivity contribution is 7.86. The molecule has 1 unspecified atom stereocenters. The van der Waals surface area contributed by atoms with E-state index in [0.717, 1.165) is 17.4 Å². The Balaban J connectivity index is 1.53. The highest BCUT2D eigenvalue weighted by Crippen LogP contribution is 2.41. The fourth-order valence-corrected chi connectivity index (χ4v) is 6.16. The molecule has 3 rings (SSSR count). The number of rotatable bonds is 4. The van der Waals surface area contributed by atoms with Gasteiger partial charge in [0.05, 0.1) is 0 Å². The van der Waals surface area contributed by atoms with Crippen LogP contribution in [0.2, 0.25) is 0 Å². The maximum Gasteiger partial charge on any atom is 0.0313 e. The number of hydrogen-bond acceptors (Lipinski definition) is 2. The SMILES string of the molecule is CC1=CC=CCC1CC(C)(C)CN1CCC2(C1)CS(=O)C2. The van der Waals surface area contributed by atoms with Crippen LogP contribution < -0.4 is 0 Å². The van der Waals surface area contributed by atoms with Crippen molar-refractivity contribution in [2.24, 2.45) is 16.7 Å². The number of hydrogen-bond donors (Lipinski definition) is 0. The molecule has 0 aromatic heterocycles. The molecule has 2 heterocycles. The Morgan fingerprint density at radius 1 is 1.43 bits per heavy atom. The van der Waals surface area contributed by atoms with E-state index in [1.165, 1.54) is 44.5 Å². The number of allylic oxidation sites excluding steroid dienone is 4. The predicted octanol–water partition coefficient (Wildman–Crippen LogP) is 3.38. The second kappa shape index (κ2) is 5.66. The molecule has 0 bridgehead atoms. The Bertz CT molecular complexity index is 483. The molecule has 0 saturated carbocycles. The van der Waals surface area contributed by atoms with Gasteiger partial charge in [-0.05, 0) is 44.1 Å². The molecule has 0 radical (unpaired) electrons. The summed E-state index contributed by atoms with van der Waals surface area (Å²) < 4.78 is 11.4. The molecular weight excluding hydrogens is 278 g/mol. The zero-order valence-electron chi connectivity index (χ0n) is 13.7. The van der Waals surface area contributed by atoms with Gasteiger partial charge >= 0.3 is 0 Å². The molecule has 2 saturated heterocycles. The second-order valence-corrected chi connectivity index (χ2v) is 9.79. The minimum absolute atomic E-state index is 0.360. The Labute approximate surface area is 132 Å². The fraction of sp³-hybridized carbons (Fsp3) is 0.778. The van der Waals surface area contributed by atoms with Crippen molar-refractivity contribution in [1.29, 1.82) is 0 Å². The van der Waals surface area contributed by atoms with Gasteiger partial charge in [-0.1, -0.05) is 37.6 Å². The van der Waals surface area contributed by atoms with Crippen LogP contribution in [0.5, 0.6) is 0 Å². The molecule has 118 valence electrons. The molecule has 1 atom stereocenters. The zero-order valence-corrected chi connectivity index (χ0v) is 14.5. The van der Waals surface area contributed by atoms with Crippen molar-refractivity contribution in [3.8, 4) is 0 Å². The van der Waals surface area contributed by atoms with E-state index in [2.05, 4.69) is 43.9 Å². The predicted molar refractivity (Wildman–Crippen MR) is 90.8 cm³/mol. The summed E-state index contributed by atoms with van der Waals surface area (Å²) in [6.45, 7) is 10.7. The van der Waals surface area contributed by atoms with Crippen LogP contribution in [-0.2, 0) is 10.8 Å². The standard InChI is InChI=1S/C18H29NOS/c1-15-6-4-5-7-16(15)10-17(2,3)11-19-9-8-18(12-19)13-21(20)14-18/h4-6,16H,7-14H2,1-3H3. The van der Waals surface area contributed by atoms with E-state index in [9.17, 15) is 4.21 Å². The smallest absolute Gasteiger partial charge is 0.0313 e. The van der Waals surface area contributed by atoms with Crippen LogP contribution in [0.25, 0.3) is 0 Å². The van der Waals surface area contributed by atoms with Crippen LogP contribution in [0.15, 0.2) is 23.8 Å². The van der Waals surface area contributed by atoms with Gasteiger partial charge < -0.3 is 4.90 Å². The lowest BCUT2D eigenvalue weighted by Crippen LogP contribution is -2.47. The number of likely N-dealkylation sites (tertiary alicyclic amines) is 1. The van der Waals surface area contributed by atoms with E-state index in [-0.39, 0.29) is 0 Å². The zero-order chi connectivity index (χ0) is 15.1. The molecule has 3 heteroatoms. The van der Waals surface area contributed by atoms with Gasteiger partial charge in [0.25, 0.3) is 0 Å². The molecule has 1 aliphatic carbocycles. The molecule has 0 amide bonds. The Morgan fingerprint density at radius 2 is 2.19 bits per heavy atom. The van der Waals surface area contributed by atoms with Crippen molar-refractivity contribution in [3.05, 3.63) is 23.8 Å². The quantitative estimate of drug-likeness (QED) is 0.793. The molecule has 2 aliphatic heterocycles. The Kier molecular flexibility index (Phi) is 4.17. The van der Waals surface area contributed by atoms with Gasteiger partial charge in [-0.15, -0.1) is 0 Å². The first-order valence-corrected chi connectivity index (χ1v) is 9.77. The first-order valence-electron chi connectivity index (χ1n) is 8.28. The van der Waals surface area contributed by atoms with Gasteiger partial charge in [0.2, 0.25) is 0 Å². The topological polar surface area (TPSA) is 20.3 Å². The summed E-state index contributed by atoms with van der Waals surface area (Å²) in [5.41, 5.74) is 2.32. The van der Waals surface area contributed by atoms with E-state index in [4.69, 9.17) is 0 Å². The van der Waals surface area contributed by atoms with Gasteiger partial charge in [0, 0.05) is 40.8 Å². The molecule has 0 aromatic carbocycles. The highest BCUT2D eigenvalue weighted by atomic mass is 32.2. The molecule has 0 aromatic rings. The molecule has 3 aliphatic rings. The monoisotopic (exact) mass is 307 g/mol. The molecule has 2 fully saturated rings. The Morgan fingerprint density at radius 3 is 2.86 bits per heavy atom. The van der Waals surface area contributed by atoms with E-state index in [0.29, 0.717) is 10.8 Å². The lowest BCUT2D eigenvalue weighted by Gasteiger charge is -2.39. The normalized spacial score (nSPS) is 36.8. The van der Waals surface area contributed by atoms with Crippen LogP contribution in [-0.4, -0.2) is 40.2 Å². The van der Waals surface area contributed by atoms with E-state index < -0.39 is 10.8 Å². The van der Waals surface area contributed by atoms with Crippen molar-refractivity contribution in [2.45, 2.75) is 40.0 Å². The molecule has 0 N–H and O–H groups in total. The first kappa shape index (κ1) is 15.5. The van der Waals surface area contributed by atoms with E-state index >= 15 is 0 Å². The second-order valence-electron chi connectivity index (χ2n) is 8.33. The first-order chi connectivity index (χ1) is 9.88. The summed E-state index contributed by atoms with van der Waals surface area (Å²) in [5.74, 6) is 2.64. The van der Waals surface area contributed by atoms with E-state index in [1.807, 2.05) is 0 Å². The van der Waals surface area contributed by atoms with Crippen molar-refractivity contribution in [1.82, 2.24) is 4.90 Å². The molecular formula is C18H29NOS.